The molecular weight excluding hydrogens is 424 g/mol. The van der Waals surface area contributed by atoms with Crippen LogP contribution in [0.2, 0.25) is 0 Å². The molecule has 4 aromatic rings. The summed E-state index contributed by atoms with van der Waals surface area (Å²) in [6, 6.07) is 30.9. The number of aryl methyl sites for hydroxylation is 1. The van der Waals surface area contributed by atoms with E-state index < -0.39 is 5.97 Å². The molecule has 0 atom stereocenters. The summed E-state index contributed by atoms with van der Waals surface area (Å²) in [5.41, 5.74) is 5.16. The van der Waals surface area contributed by atoms with Crippen LogP contribution in [0.25, 0.3) is 11.1 Å². The number of carboxylic acid groups (broad SMARTS) is 1. The molecular formula is C30H24O4. The highest BCUT2D eigenvalue weighted by Crippen LogP contribution is 2.31. The van der Waals surface area contributed by atoms with Gasteiger partial charge in [0.05, 0.1) is 6.42 Å². The summed E-state index contributed by atoms with van der Waals surface area (Å²) < 4.78 is 11.8. The van der Waals surface area contributed by atoms with Crippen LogP contribution in [0, 0.1) is 18.8 Å². The van der Waals surface area contributed by atoms with Crippen LogP contribution in [-0.2, 0) is 11.2 Å². The second-order valence-corrected chi connectivity index (χ2v) is 7.80. The molecule has 0 saturated heterocycles. The van der Waals surface area contributed by atoms with Crippen molar-refractivity contribution in [3.05, 3.63) is 114 Å². The monoisotopic (exact) mass is 448 g/mol. The molecule has 0 spiro atoms. The number of carbonyl (C=O) groups is 1. The minimum atomic E-state index is -0.885. The summed E-state index contributed by atoms with van der Waals surface area (Å²) in [4.78, 5) is 11.0. The lowest BCUT2D eigenvalue weighted by molar-refractivity contribution is -0.136. The van der Waals surface area contributed by atoms with Crippen LogP contribution in [0.3, 0.4) is 0 Å². The van der Waals surface area contributed by atoms with Gasteiger partial charge in [-0.3, -0.25) is 4.79 Å². The molecule has 4 rings (SSSR count). The van der Waals surface area contributed by atoms with Gasteiger partial charge in [0.15, 0.2) is 11.5 Å². The van der Waals surface area contributed by atoms with Crippen molar-refractivity contribution in [2.75, 3.05) is 6.61 Å². The van der Waals surface area contributed by atoms with Crippen LogP contribution in [0.5, 0.6) is 17.2 Å². The molecule has 0 heterocycles. The molecule has 0 aliphatic heterocycles. The first-order valence-electron chi connectivity index (χ1n) is 10.9. The number of para-hydroxylation sites is 2. The van der Waals surface area contributed by atoms with E-state index in [2.05, 4.69) is 55.2 Å². The van der Waals surface area contributed by atoms with Crippen molar-refractivity contribution in [2.24, 2.45) is 0 Å². The second kappa shape index (κ2) is 10.9. The molecule has 0 amide bonds. The number of rotatable bonds is 7. The van der Waals surface area contributed by atoms with Gasteiger partial charge in [0.25, 0.3) is 0 Å². The Labute approximate surface area is 199 Å². The lowest BCUT2D eigenvalue weighted by Crippen LogP contribution is -2.00. The van der Waals surface area contributed by atoms with Crippen molar-refractivity contribution in [2.45, 2.75) is 13.3 Å². The van der Waals surface area contributed by atoms with E-state index in [1.807, 2.05) is 30.3 Å². The molecule has 0 aliphatic rings. The molecule has 0 saturated carbocycles. The van der Waals surface area contributed by atoms with Crippen LogP contribution in [0.4, 0.5) is 0 Å². The summed E-state index contributed by atoms with van der Waals surface area (Å²) in [5.74, 6) is 6.94. The van der Waals surface area contributed by atoms with Crippen molar-refractivity contribution < 1.29 is 19.4 Å². The molecule has 0 unspecified atom stereocenters. The lowest BCUT2D eigenvalue weighted by Gasteiger charge is -2.11. The topological polar surface area (TPSA) is 55.8 Å². The largest absolute Gasteiger partial charge is 0.481 e. The van der Waals surface area contributed by atoms with Crippen LogP contribution in [-0.4, -0.2) is 17.7 Å². The van der Waals surface area contributed by atoms with Crippen molar-refractivity contribution in [3.8, 4) is 40.2 Å². The van der Waals surface area contributed by atoms with Gasteiger partial charge in [-0.15, -0.1) is 0 Å². The van der Waals surface area contributed by atoms with Gasteiger partial charge in [0.1, 0.15) is 12.4 Å². The van der Waals surface area contributed by atoms with E-state index >= 15 is 0 Å². The van der Waals surface area contributed by atoms with Gasteiger partial charge in [-0.1, -0.05) is 78.1 Å². The van der Waals surface area contributed by atoms with Gasteiger partial charge in [0.2, 0.25) is 0 Å². The molecule has 0 fully saturated rings. The third kappa shape index (κ3) is 6.27. The Kier molecular flexibility index (Phi) is 7.27. The van der Waals surface area contributed by atoms with Crippen LogP contribution >= 0.6 is 0 Å². The Bertz CT molecular complexity index is 1330. The number of benzene rings is 4. The molecule has 0 aromatic heterocycles. The van der Waals surface area contributed by atoms with Crippen LogP contribution in [0.15, 0.2) is 97.1 Å². The fourth-order valence-electron chi connectivity index (χ4n) is 3.42. The second-order valence-electron chi connectivity index (χ2n) is 7.80. The average molecular weight is 449 g/mol. The van der Waals surface area contributed by atoms with Gasteiger partial charge < -0.3 is 14.6 Å². The number of ether oxygens (including phenoxy) is 2. The fraction of sp³-hybridized carbons (Fsp3) is 0.100. The molecule has 1 N–H and O–H groups in total. The van der Waals surface area contributed by atoms with Crippen molar-refractivity contribution >= 4 is 5.97 Å². The van der Waals surface area contributed by atoms with E-state index in [1.54, 1.807) is 30.3 Å². The standard InChI is InChI=1S/C30H24O4/c1-22-11-15-25(16-12-22)26-17-13-23(14-18-26)7-5-19-33-28-9-2-3-10-29(28)34-27-8-4-6-24(20-27)21-30(31)32/h2-4,6,8-18,20H,19,21H2,1H3,(H,31,32). The van der Waals surface area contributed by atoms with Crippen LogP contribution in [0.1, 0.15) is 16.7 Å². The van der Waals surface area contributed by atoms with E-state index in [0.717, 1.165) is 11.1 Å². The van der Waals surface area contributed by atoms with E-state index in [-0.39, 0.29) is 13.0 Å². The third-order valence-corrected chi connectivity index (χ3v) is 5.13. The lowest BCUT2D eigenvalue weighted by atomic mass is 10.0. The number of hydrogen-bond acceptors (Lipinski definition) is 3. The summed E-state index contributed by atoms with van der Waals surface area (Å²) in [5, 5.41) is 9.00. The Balaban J connectivity index is 1.38. The Morgan fingerprint density at radius 2 is 1.50 bits per heavy atom. The highest BCUT2D eigenvalue weighted by Gasteiger charge is 2.07. The number of aliphatic carboxylic acids is 1. The van der Waals surface area contributed by atoms with E-state index in [4.69, 9.17) is 14.6 Å². The summed E-state index contributed by atoms with van der Waals surface area (Å²) >= 11 is 0. The van der Waals surface area contributed by atoms with E-state index in [1.165, 1.54) is 11.1 Å². The zero-order valence-electron chi connectivity index (χ0n) is 18.8. The minimum Gasteiger partial charge on any atom is -0.481 e. The Morgan fingerprint density at radius 3 is 2.21 bits per heavy atom. The van der Waals surface area contributed by atoms with E-state index in [0.29, 0.717) is 22.8 Å². The molecule has 168 valence electrons. The van der Waals surface area contributed by atoms with Gasteiger partial charge in [-0.05, 0) is 60.0 Å². The smallest absolute Gasteiger partial charge is 0.307 e. The molecule has 0 bridgehead atoms. The molecule has 4 heteroatoms. The third-order valence-electron chi connectivity index (χ3n) is 5.13. The van der Waals surface area contributed by atoms with Gasteiger partial charge in [0, 0.05) is 5.56 Å². The highest BCUT2D eigenvalue weighted by molar-refractivity contribution is 5.70. The summed E-state index contributed by atoms with van der Waals surface area (Å²) in [6.07, 6.45) is -0.0586. The molecule has 0 radical (unpaired) electrons. The quantitative estimate of drug-likeness (QED) is 0.327. The Hall–Kier alpha value is -4.49. The summed E-state index contributed by atoms with van der Waals surface area (Å²) in [7, 11) is 0. The van der Waals surface area contributed by atoms with Gasteiger partial charge in [-0.2, -0.15) is 0 Å². The highest BCUT2D eigenvalue weighted by atomic mass is 16.5. The zero-order valence-corrected chi connectivity index (χ0v) is 18.8. The van der Waals surface area contributed by atoms with E-state index in [9.17, 15) is 4.79 Å². The zero-order chi connectivity index (χ0) is 23.8. The van der Waals surface area contributed by atoms with Crippen molar-refractivity contribution in [1.82, 2.24) is 0 Å². The molecule has 34 heavy (non-hydrogen) atoms. The summed E-state index contributed by atoms with van der Waals surface area (Å²) in [6.45, 7) is 2.29. The maximum absolute atomic E-state index is 11.0. The first-order valence-corrected chi connectivity index (χ1v) is 10.9. The fourth-order valence-corrected chi connectivity index (χ4v) is 3.42. The molecule has 0 aliphatic carbocycles. The Morgan fingerprint density at radius 1 is 0.824 bits per heavy atom. The maximum Gasteiger partial charge on any atom is 0.307 e. The number of hydrogen-bond donors (Lipinski definition) is 1. The minimum absolute atomic E-state index is 0.0586. The normalized spacial score (nSPS) is 10.1. The molecule has 4 aromatic carbocycles. The van der Waals surface area contributed by atoms with Crippen molar-refractivity contribution in [1.29, 1.82) is 0 Å². The average Bonchev–Trinajstić information content (AvgIpc) is 2.84. The van der Waals surface area contributed by atoms with Gasteiger partial charge in [-0.25, -0.2) is 0 Å². The van der Waals surface area contributed by atoms with Crippen LogP contribution < -0.4 is 9.47 Å². The molecule has 4 nitrogen and oxygen atoms in total. The van der Waals surface area contributed by atoms with Crippen molar-refractivity contribution in [3.63, 3.8) is 0 Å². The van der Waals surface area contributed by atoms with Gasteiger partial charge >= 0.3 is 5.97 Å². The predicted octanol–water partition coefficient (Wildman–Crippen LogP) is 6.51. The predicted molar refractivity (Wildman–Crippen MR) is 133 cm³/mol. The number of carboxylic acids is 1. The SMILES string of the molecule is Cc1ccc(-c2ccc(C#CCOc3ccccc3Oc3cccc(CC(=O)O)c3)cc2)cc1. The first-order chi connectivity index (χ1) is 16.6. The maximum atomic E-state index is 11.0. The first kappa shape index (κ1) is 22.7.